The normalized spacial score (nSPS) is 18.1. The Morgan fingerprint density at radius 3 is 2.64 bits per heavy atom. The lowest BCUT2D eigenvalue weighted by Gasteiger charge is -2.43. The lowest BCUT2D eigenvalue weighted by atomic mass is 9.72. The second-order valence-corrected chi connectivity index (χ2v) is 9.37. The molecule has 2 atom stereocenters. The smallest absolute Gasteiger partial charge is 0.416 e. The van der Waals surface area contributed by atoms with Crippen molar-refractivity contribution in [3.63, 3.8) is 0 Å². The van der Waals surface area contributed by atoms with Gasteiger partial charge in [0.25, 0.3) is 0 Å². The van der Waals surface area contributed by atoms with Crippen molar-refractivity contribution in [1.29, 1.82) is 0 Å². The molecule has 3 rings (SSSR count). The van der Waals surface area contributed by atoms with Gasteiger partial charge < -0.3 is 20.1 Å². The zero-order chi connectivity index (χ0) is 26.3. The van der Waals surface area contributed by atoms with Gasteiger partial charge in [-0.3, -0.25) is 4.79 Å². The van der Waals surface area contributed by atoms with Gasteiger partial charge in [0.1, 0.15) is 5.75 Å². The monoisotopic (exact) mass is 505 g/mol. The van der Waals surface area contributed by atoms with Crippen LogP contribution in [0.25, 0.3) is 11.1 Å². The quantitative estimate of drug-likeness (QED) is 0.423. The fourth-order valence-corrected chi connectivity index (χ4v) is 5.19. The van der Waals surface area contributed by atoms with Crippen LogP contribution >= 0.6 is 0 Å². The average Bonchev–Trinajstić information content (AvgIpc) is 2.88. The minimum absolute atomic E-state index is 0.0553. The second kappa shape index (κ2) is 12.1. The molecule has 0 saturated carbocycles. The Bertz CT molecular complexity index is 1030. The topological polar surface area (TPSA) is 61.8 Å². The molecule has 2 aromatic carbocycles. The Labute approximate surface area is 211 Å². The molecular formula is C28H36F3N2O3. The number of hydrogen-bond donors (Lipinski definition) is 2. The number of halogens is 3. The summed E-state index contributed by atoms with van der Waals surface area (Å²) in [5.74, 6) is 0.0661. The van der Waals surface area contributed by atoms with Crippen LogP contribution in [0, 0.1) is 12.8 Å². The SMILES string of the molecule is [CH2]CC[C@@](O)(c1ccccc1-c1cc(C(F)(F)F)ccc1OC)[C@@H]1CCCN(C(=O)CCCNC)C1. The van der Waals surface area contributed by atoms with E-state index in [1.807, 2.05) is 11.9 Å². The third-order valence-corrected chi connectivity index (χ3v) is 7.04. The standard InChI is InChI=1S/C28H36F3N2O3/c1-4-15-27(35,21-9-8-17-33(19-21)26(34)12-7-16-32-2)24-11-6-5-10-22(24)23-18-20(28(29,30)31)13-14-25(23)36-3/h5-6,10-11,13-14,18,21,32,35H,1,4,7-9,12,15-17,19H2,2-3H3/t21-,27+/m1/s1. The number of rotatable bonds is 10. The first kappa shape index (κ1) is 28.0. The highest BCUT2D eigenvalue weighted by Crippen LogP contribution is 2.46. The van der Waals surface area contributed by atoms with Crippen LogP contribution < -0.4 is 10.1 Å². The summed E-state index contributed by atoms with van der Waals surface area (Å²) >= 11 is 0. The molecule has 0 spiro atoms. The lowest BCUT2D eigenvalue weighted by molar-refractivity contribution is -0.138. The number of piperidine rings is 1. The highest BCUT2D eigenvalue weighted by molar-refractivity contribution is 5.77. The van der Waals surface area contributed by atoms with Gasteiger partial charge in [0.05, 0.1) is 18.3 Å². The summed E-state index contributed by atoms with van der Waals surface area (Å²) < 4.78 is 46.1. The Balaban J connectivity index is 2.03. The molecule has 1 aliphatic heterocycles. The van der Waals surface area contributed by atoms with E-state index in [-0.39, 0.29) is 23.1 Å². The van der Waals surface area contributed by atoms with E-state index in [1.165, 1.54) is 13.2 Å². The molecule has 1 radical (unpaired) electrons. The molecule has 0 bridgehead atoms. The number of carbonyl (C=O) groups is 1. The van der Waals surface area contributed by atoms with Gasteiger partial charge in [0.2, 0.25) is 5.91 Å². The number of nitrogens with zero attached hydrogens (tertiary/aromatic N) is 1. The van der Waals surface area contributed by atoms with Crippen molar-refractivity contribution in [1.82, 2.24) is 10.2 Å². The van der Waals surface area contributed by atoms with Gasteiger partial charge in [0.15, 0.2) is 0 Å². The molecule has 2 aromatic rings. The van der Waals surface area contributed by atoms with Crippen molar-refractivity contribution in [2.24, 2.45) is 5.92 Å². The predicted molar refractivity (Wildman–Crippen MR) is 134 cm³/mol. The van der Waals surface area contributed by atoms with Crippen molar-refractivity contribution < 1.29 is 27.8 Å². The average molecular weight is 506 g/mol. The second-order valence-electron chi connectivity index (χ2n) is 9.37. The number of ether oxygens (including phenoxy) is 1. The summed E-state index contributed by atoms with van der Waals surface area (Å²) in [5, 5.41) is 15.2. The third kappa shape index (κ3) is 6.21. The van der Waals surface area contributed by atoms with Crippen LogP contribution in [0.2, 0.25) is 0 Å². The summed E-state index contributed by atoms with van der Waals surface area (Å²) in [4.78, 5) is 14.6. The van der Waals surface area contributed by atoms with Gasteiger partial charge in [-0.2, -0.15) is 13.2 Å². The van der Waals surface area contributed by atoms with Crippen LogP contribution in [0.5, 0.6) is 5.75 Å². The maximum atomic E-state index is 13.6. The predicted octanol–water partition coefficient (Wildman–Crippen LogP) is 5.42. The van der Waals surface area contributed by atoms with Crippen LogP contribution in [0.3, 0.4) is 0 Å². The number of likely N-dealkylation sites (tertiary alicyclic amines) is 1. The van der Waals surface area contributed by atoms with Crippen LogP contribution in [-0.2, 0) is 16.6 Å². The highest BCUT2D eigenvalue weighted by Gasteiger charge is 2.42. The van der Waals surface area contributed by atoms with Crippen molar-refractivity contribution in [3.05, 3.63) is 60.5 Å². The summed E-state index contributed by atoms with van der Waals surface area (Å²) in [6.45, 7) is 5.74. The summed E-state index contributed by atoms with van der Waals surface area (Å²) in [6, 6.07) is 10.4. The molecule has 0 unspecified atom stereocenters. The molecule has 0 aliphatic carbocycles. The van der Waals surface area contributed by atoms with E-state index in [4.69, 9.17) is 4.74 Å². The molecule has 5 nitrogen and oxygen atoms in total. The summed E-state index contributed by atoms with van der Waals surface area (Å²) in [6.07, 6.45) is -1.16. The molecular weight excluding hydrogens is 469 g/mol. The van der Waals surface area contributed by atoms with E-state index < -0.39 is 17.3 Å². The molecule has 197 valence electrons. The molecule has 1 fully saturated rings. The van der Waals surface area contributed by atoms with Crippen LogP contribution in [0.15, 0.2) is 42.5 Å². The first-order chi connectivity index (χ1) is 17.2. The van der Waals surface area contributed by atoms with E-state index >= 15 is 0 Å². The van der Waals surface area contributed by atoms with Gasteiger partial charge in [-0.15, -0.1) is 0 Å². The van der Waals surface area contributed by atoms with Gasteiger partial charge >= 0.3 is 6.18 Å². The van der Waals surface area contributed by atoms with Crippen molar-refractivity contribution >= 4 is 5.91 Å². The first-order valence-electron chi connectivity index (χ1n) is 12.4. The lowest BCUT2D eigenvalue weighted by Crippen LogP contribution is -2.48. The minimum Gasteiger partial charge on any atom is -0.496 e. The number of amides is 1. The van der Waals surface area contributed by atoms with Crippen LogP contribution in [0.1, 0.15) is 49.7 Å². The Hall–Kier alpha value is -2.58. The molecule has 36 heavy (non-hydrogen) atoms. The van der Waals surface area contributed by atoms with Crippen molar-refractivity contribution in [2.45, 2.75) is 50.3 Å². The largest absolute Gasteiger partial charge is 0.496 e. The van der Waals surface area contributed by atoms with Crippen LogP contribution in [-0.4, -0.2) is 49.7 Å². The molecule has 1 aliphatic rings. The zero-order valence-electron chi connectivity index (χ0n) is 21.0. The number of alkyl halides is 3. The maximum absolute atomic E-state index is 13.6. The van der Waals surface area contributed by atoms with Gasteiger partial charge in [0, 0.05) is 31.0 Å². The zero-order valence-corrected chi connectivity index (χ0v) is 21.0. The summed E-state index contributed by atoms with van der Waals surface area (Å²) in [7, 11) is 3.26. The molecule has 1 heterocycles. The van der Waals surface area contributed by atoms with E-state index in [0.29, 0.717) is 49.9 Å². The number of hydrogen-bond acceptors (Lipinski definition) is 4. The Kier molecular flexibility index (Phi) is 9.41. The molecule has 0 aromatic heterocycles. The van der Waals surface area contributed by atoms with Gasteiger partial charge in [-0.1, -0.05) is 37.6 Å². The fraction of sp³-hybridized carbons (Fsp3) is 0.500. The fourth-order valence-electron chi connectivity index (χ4n) is 5.19. The third-order valence-electron chi connectivity index (χ3n) is 7.04. The van der Waals surface area contributed by atoms with Crippen LogP contribution in [0.4, 0.5) is 13.2 Å². The Morgan fingerprint density at radius 1 is 1.22 bits per heavy atom. The number of benzene rings is 2. The van der Waals surface area contributed by atoms with E-state index in [1.54, 1.807) is 24.3 Å². The summed E-state index contributed by atoms with van der Waals surface area (Å²) in [5.41, 5.74) is -0.887. The van der Waals surface area contributed by atoms with E-state index in [0.717, 1.165) is 31.5 Å². The molecule has 2 N–H and O–H groups in total. The Morgan fingerprint density at radius 2 is 1.97 bits per heavy atom. The van der Waals surface area contributed by atoms with Crippen molar-refractivity contribution in [2.75, 3.05) is 33.8 Å². The molecule has 1 saturated heterocycles. The number of carbonyl (C=O) groups excluding carboxylic acids is 1. The minimum atomic E-state index is -4.52. The highest BCUT2D eigenvalue weighted by atomic mass is 19.4. The first-order valence-corrected chi connectivity index (χ1v) is 12.4. The number of aliphatic hydroxyl groups is 1. The van der Waals surface area contributed by atoms with Gasteiger partial charge in [-0.25, -0.2) is 0 Å². The maximum Gasteiger partial charge on any atom is 0.416 e. The van der Waals surface area contributed by atoms with Crippen molar-refractivity contribution in [3.8, 4) is 16.9 Å². The molecule has 1 amide bonds. The number of nitrogens with one attached hydrogen (secondary N) is 1. The van der Waals surface area contributed by atoms with E-state index in [2.05, 4.69) is 12.2 Å². The van der Waals surface area contributed by atoms with E-state index in [9.17, 15) is 23.1 Å². The number of methoxy groups -OCH3 is 1. The van der Waals surface area contributed by atoms with Gasteiger partial charge in [-0.05, 0) is 68.6 Å². The molecule has 8 heteroatoms.